The van der Waals surface area contributed by atoms with Crippen molar-refractivity contribution in [1.82, 2.24) is 24.6 Å². The molecule has 0 unspecified atom stereocenters. The smallest absolute Gasteiger partial charge is 0.353 e. The van der Waals surface area contributed by atoms with E-state index in [0.29, 0.717) is 30.8 Å². The number of amides is 2. The summed E-state index contributed by atoms with van der Waals surface area (Å²) in [6, 6.07) is -2.09. The van der Waals surface area contributed by atoms with E-state index in [0.717, 1.165) is 6.26 Å². The lowest BCUT2D eigenvalue weighted by atomic mass is 9.78. The van der Waals surface area contributed by atoms with Crippen LogP contribution in [0.25, 0.3) is 0 Å². The zero-order chi connectivity index (χ0) is 27.4. The van der Waals surface area contributed by atoms with Crippen LogP contribution in [0.5, 0.6) is 0 Å². The van der Waals surface area contributed by atoms with Gasteiger partial charge in [-0.1, -0.05) is 6.92 Å². The van der Waals surface area contributed by atoms with E-state index in [1.807, 2.05) is 6.92 Å². The highest BCUT2D eigenvalue weighted by molar-refractivity contribution is 8.03. The average molecular weight is 581 g/mol. The van der Waals surface area contributed by atoms with E-state index in [9.17, 15) is 36.3 Å². The Labute approximate surface area is 220 Å². The fourth-order valence-electron chi connectivity index (χ4n) is 5.78. The van der Waals surface area contributed by atoms with Crippen molar-refractivity contribution >= 4 is 49.8 Å². The second-order valence-corrected chi connectivity index (χ2v) is 14.5. The molecule has 0 aromatic heterocycles. The predicted octanol–water partition coefficient (Wildman–Crippen LogP) is -2.45. The molecule has 3 fully saturated rings. The fourth-order valence-corrected chi connectivity index (χ4v) is 8.74. The minimum absolute atomic E-state index is 0.0819. The van der Waals surface area contributed by atoms with Gasteiger partial charge in [-0.05, 0) is 19.8 Å². The summed E-state index contributed by atoms with van der Waals surface area (Å²) in [5.41, 5.74) is -0.0819. The third-order valence-corrected chi connectivity index (χ3v) is 10.2. The number of carboxylic acids is 1. The Morgan fingerprint density at radius 1 is 1.27 bits per heavy atom. The molecule has 0 bridgehead atoms. The maximum absolute atomic E-state index is 13.0. The topological polar surface area (TPSA) is 208 Å². The molecule has 4 heterocycles. The Kier molecular flexibility index (Phi) is 7.70. The fraction of sp³-hybridized carbons (Fsp3) is 0.750. The van der Waals surface area contributed by atoms with Crippen molar-refractivity contribution in [1.29, 1.82) is 0 Å². The normalized spacial score (nSPS) is 33.0. The Morgan fingerprint density at radius 2 is 1.95 bits per heavy atom. The maximum atomic E-state index is 13.0. The zero-order valence-electron chi connectivity index (χ0n) is 20.6. The van der Waals surface area contributed by atoms with Crippen molar-refractivity contribution in [3.63, 3.8) is 0 Å². The molecule has 0 saturated carbocycles. The van der Waals surface area contributed by atoms with Crippen LogP contribution in [0, 0.1) is 11.8 Å². The first-order valence-electron chi connectivity index (χ1n) is 11.8. The van der Waals surface area contributed by atoms with Crippen LogP contribution >= 0.6 is 11.8 Å². The van der Waals surface area contributed by atoms with Gasteiger partial charge < -0.3 is 20.2 Å². The first-order chi connectivity index (χ1) is 17.1. The van der Waals surface area contributed by atoms with Crippen LogP contribution in [-0.4, -0.2) is 105 Å². The predicted molar refractivity (Wildman–Crippen MR) is 134 cm³/mol. The van der Waals surface area contributed by atoms with Crippen molar-refractivity contribution in [2.24, 2.45) is 17.0 Å². The number of carboxylic acid groups (broad SMARTS) is 1. The number of nitrogens with two attached hydrogens (primary N) is 1. The highest BCUT2D eigenvalue weighted by Crippen LogP contribution is 2.51. The maximum Gasteiger partial charge on any atom is 0.353 e. The summed E-state index contributed by atoms with van der Waals surface area (Å²) in [5.74, 6) is -2.81. The highest BCUT2D eigenvalue weighted by atomic mass is 32.2. The van der Waals surface area contributed by atoms with Crippen LogP contribution < -0.4 is 19.9 Å². The van der Waals surface area contributed by atoms with Gasteiger partial charge in [-0.15, -0.1) is 11.8 Å². The number of hydrogen-bond acceptors (Lipinski definition) is 9. The lowest BCUT2D eigenvalue weighted by Crippen LogP contribution is -2.66. The molecule has 2 amide bonds. The number of carbonyl (C=O) groups excluding carboxylic acids is 2. The van der Waals surface area contributed by atoms with Gasteiger partial charge in [0.1, 0.15) is 5.70 Å². The number of fused-ring (bicyclic) bond motifs is 1. The SMILES string of the molecule is C[C@@H](NS(C)(=O)=O)[C@H]1C(=O)N2C(C(=O)O)=C(S[C@@H]3CN[C@H](C(=O)N4CC[C@H](NS(N)(=O)=O)C4)C3)[C@H](C)[C@H]12. The van der Waals surface area contributed by atoms with Crippen molar-refractivity contribution in [2.45, 2.75) is 56.1 Å². The van der Waals surface area contributed by atoms with Crippen molar-refractivity contribution in [3.8, 4) is 0 Å². The van der Waals surface area contributed by atoms with Crippen LogP contribution in [0.2, 0.25) is 0 Å². The number of aliphatic carboxylic acids is 1. The molecule has 4 rings (SSSR count). The largest absolute Gasteiger partial charge is 0.477 e. The van der Waals surface area contributed by atoms with E-state index >= 15 is 0 Å². The number of rotatable bonds is 9. The van der Waals surface area contributed by atoms with E-state index in [2.05, 4.69) is 14.8 Å². The van der Waals surface area contributed by atoms with Crippen LogP contribution in [-0.2, 0) is 34.6 Å². The van der Waals surface area contributed by atoms with Gasteiger partial charge in [0.25, 0.3) is 10.2 Å². The van der Waals surface area contributed by atoms with E-state index < -0.39 is 62.2 Å². The summed E-state index contributed by atoms with van der Waals surface area (Å²) in [4.78, 5) is 41.4. The van der Waals surface area contributed by atoms with Gasteiger partial charge in [-0.3, -0.25) is 9.59 Å². The summed E-state index contributed by atoms with van der Waals surface area (Å²) in [6.07, 6.45) is 1.90. The zero-order valence-corrected chi connectivity index (χ0v) is 23.0. The molecule has 208 valence electrons. The number of likely N-dealkylation sites (tertiary alicyclic amines) is 1. The van der Waals surface area contributed by atoms with Crippen LogP contribution in [0.1, 0.15) is 26.7 Å². The number of nitrogens with zero attached hydrogens (tertiary/aromatic N) is 2. The van der Waals surface area contributed by atoms with Gasteiger partial charge in [0.05, 0.1) is 24.3 Å². The summed E-state index contributed by atoms with van der Waals surface area (Å²) in [5, 5.41) is 18.0. The standard InChI is InChI=1S/C20H32N6O8S3/c1-9-15-14(10(2)23-36(3,31)32)19(28)26(15)16(20(29)30)17(9)35-12-6-13(22-7-12)18(27)25-5-4-11(8-25)24-37(21,33)34/h9-15,22-24H,4-8H2,1-3H3,(H,29,30)(H2,21,33,34)/t9-,10-,11+,12+,13+,14-,15-/m1/s1. The van der Waals surface area contributed by atoms with Crippen molar-refractivity contribution < 1.29 is 36.3 Å². The Morgan fingerprint density at radius 3 is 2.54 bits per heavy atom. The van der Waals surface area contributed by atoms with Gasteiger partial charge in [-0.25, -0.2) is 23.1 Å². The van der Waals surface area contributed by atoms with Crippen LogP contribution in [0.3, 0.4) is 0 Å². The second-order valence-electron chi connectivity index (χ2n) is 10.1. The molecule has 6 N–H and O–H groups in total. The molecule has 0 radical (unpaired) electrons. The average Bonchev–Trinajstić information content (AvgIpc) is 3.44. The molecule has 17 heteroatoms. The number of hydrogen-bond donors (Lipinski definition) is 5. The number of sulfonamides is 1. The molecule has 4 aliphatic rings. The molecule has 37 heavy (non-hydrogen) atoms. The molecular formula is C20H32N6O8S3. The molecule has 14 nitrogen and oxygen atoms in total. The lowest BCUT2D eigenvalue weighted by molar-refractivity contribution is -0.157. The monoisotopic (exact) mass is 580 g/mol. The lowest BCUT2D eigenvalue weighted by Gasteiger charge is -2.47. The Bertz CT molecular complexity index is 1240. The van der Waals surface area contributed by atoms with Crippen LogP contribution in [0.4, 0.5) is 0 Å². The summed E-state index contributed by atoms with van der Waals surface area (Å²) in [7, 11) is -7.41. The molecule has 0 spiro atoms. The first-order valence-corrected chi connectivity index (χ1v) is 16.2. The summed E-state index contributed by atoms with van der Waals surface area (Å²) >= 11 is 1.33. The van der Waals surface area contributed by atoms with Crippen molar-refractivity contribution in [2.75, 3.05) is 25.9 Å². The molecule has 7 atom stereocenters. The van der Waals surface area contributed by atoms with Gasteiger partial charge in [0.2, 0.25) is 21.8 Å². The van der Waals surface area contributed by atoms with E-state index in [-0.39, 0.29) is 29.3 Å². The van der Waals surface area contributed by atoms with E-state index in [1.165, 1.54) is 16.7 Å². The molecule has 4 aliphatic heterocycles. The van der Waals surface area contributed by atoms with E-state index in [4.69, 9.17) is 5.14 Å². The Hall–Kier alpha value is -1.76. The molecule has 3 saturated heterocycles. The molecule has 0 aromatic rings. The highest BCUT2D eigenvalue weighted by Gasteiger charge is 2.60. The van der Waals surface area contributed by atoms with Gasteiger partial charge in [0, 0.05) is 47.8 Å². The van der Waals surface area contributed by atoms with Gasteiger partial charge >= 0.3 is 5.97 Å². The van der Waals surface area contributed by atoms with Gasteiger partial charge in [-0.2, -0.15) is 13.1 Å². The number of nitrogens with one attached hydrogen (secondary N) is 3. The molecular weight excluding hydrogens is 548 g/mol. The second kappa shape index (κ2) is 10.1. The van der Waals surface area contributed by atoms with E-state index in [1.54, 1.807) is 11.8 Å². The molecule has 0 aromatic carbocycles. The third-order valence-electron chi connectivity index (χ3n) is 7.24. The first kappa shape index (κ1) is 28.3. The number of β-lactam (4-membered cyclic amide) rings is 1. The summed E-state index contributed by atoms with van der Waals surface area (Å²) < 4.78 is 50.6. The number of carbonyl (C=O) groups is 3. The Balaban J connectivity index is 1.41. The van der Waals surface area contributed by atoms with Crippen molar-refractivity contribution in [3.05, 3.63) is 10.6 Å². The summed E-state index contributed by atoms with van der Waals surface area (Å²) in [6.45, 7) is 4.49. The quantitative estimate of drug-likeness (QED) is 0.182. The minimum atomic E-state index is -3.86. The number of thioether (sulfide) groups is 1. The van der Waals surface area contributed by atoms with Gasteiger partial charge in [0.15, 0.2) is 0 Å². The third kappa shape index (κ3) is 5.81. The molecule has 0 aliphatic carbocycles. The minimum Gasteiger partial charge on any atom is -0.477 e. The van der Waals surface area contributed by atoms with Crippen LogP contribution in [0.15, 0.2) is 10.6 Å².